The lowest BCUT2D eigenvalue weighted by atomic mass is 9.80. The molecule has 5 nitrogen and oxygen atoms in total. The number of nitriles is 1. The average Bonchev–Trinajstić information content (AvgIpc) is 3.43. The van der Waals surface area contributed by atoms with E-state index in [0.29, 0.717) is 29.2 Å². The topological polar surface area (TPSA) is 67.6 Å². The van der Waals surface area contributed by atoms with E-state index >= 15 is 0 Å². The summed E-state index contributed by atoms with van der Waals surface area (Å²) in [5.74, 6) is 2.11. The molecule has 0 spiro atoms. The summed E-state index contributed by atoms with van der Waals surface area (Å²) in [6.45, 7) is 4.86. The summed E-state index contributed by atoms with van der Waals surface area (Å²) >= 11 is 0. The van der Waals surface area contributed by atoms with Crippen LogP contribution in [-0.2, 0) is 11.3 Å². The second-order valence-electron chi connectivity index (χ2n) is 7.88. The van der Waals surface area contributed by atoms with Crippen LogP contribution in [0.4, 0.5) is 0 Å². The summed E-state index contributed by atoms with van der Waals surface area (Å²) in [5, 5.41) is 18.6. The van der Waals surface area contributed by atoms with Gasteiger partial charge in [0.15, 0.2) is 0 Å². The van der Waals surface area contributed by atoms with Crippen LogP contribution in [0.5, 0.6) is 5.75 Å². The van der Waals surface area contributed by atoms with Crippen LogP contribution in [0.2, 0.25) is 0 Å². The molecule has 1 amide bonds. The molecule has 1 N–H and O–H groups in total. The van der Waals surface area contributed by atoms with Gasteiger partial charge in [-0.1, -0.05) is 6.07 Å². The normalized spacial score (nSPS) is 24.6. The van der Waals surface area contributed by atoms with Crippen LogP contribution in [0.3, 0.4) is 0 Å². The SMILES string of the molecule is N#Cc1cc(CN2CC(C3CCCN(C(=O)C4CC4)C3)C2)ccc1O. The minimum atomic E-state index is 0.0513. The van der Waals surface area contributed by atoms with Gasteiger partial charge in [-0.25, -0.2) is 0 Å². The van der Waals surface area contributed by atoms with E-state index in [1.165, 1.54) is 6.42 Å². The highest BCUT2D eigenvalue weighted by Gasteiger charge is 2.39. The van der Waals surface area contributed by atoms with Crippen LogP contribution in [0, 0.1) is 29.1 Å². The zero-order valence-corrected chi connectivity index (χ0v) is 14.5. The number of benzene rings is 1. The third-order valence-corrected chi connectivity index (χ3v) is 5.94. The van der Waals surface area contributed by atoms with Gasteiger partial charge in [-0.2, -0.15) is 5.26 Å². The number of likely N-dealkylation sites (tertiary alicyclic amines) is 2. The van der Waals surface area contributed by atoms with Crippen LogP contribution in [0.25, 0.3) is 0 Å². The molecule has 3 fully saturated rings. The fraction of sp³-hybridized carbons (Fsp3) is 0.600. The van der Waals surface area contributed by atoms with Crippen molar-refractivity contribution in [3.63, 3.8) is 0 Å². The largest absolute Gasteiger partial charge is 0.507 e. The molecule has 2 heterocycles. The number of aromatic hydroxyl groups is 1. The molecular weight excluding hydrogens is 314 g/mol. The maximum absolute atomic E-state index is 12.3. The second-order valence-corrected chi connectivity index (χ2v) is 7.88. The van der Waals surface area contributed by atoms with E-state index in [-0.39, 0.29) is 5.75 Å². The summed E-state index contributed by atoms with van der Waals surface area (Å²) in [6.07, 6.45) is 4.57. The van der Waals surface area contributed by atoms with Crippen molar-refractivity contribution in [3.8, 4) is 11.8 Å². The Morgan fingerprint density at radius 3 is 2.72 bits per heavy atom. The lowest BCUT2D eigenvalue weighted by Gasteiger charge is -2.46. The van der Waals surface area contributed by atoms with Crippen LogP contribution >= 0.6 is 0 Å². The Morgan fingerprint density at radius 2 is 2.00 bits per heavy atom. The second kappa shape index (κ2) is 6.68. The monoisotopic (exact) mass is 339 g/mol. The minimum Gasteiger partial charge on any atom is -0.507 e. The lowest BCUT2D eigenvalue weighted by molar-refractivity contribution is -0.135. The van der Waals surface area contributed by atoms with Gasteiger partial charge in [0.05, 0.1) is 5.56 Å². The molecule has 0 radical (unpaired) electrons. The molecule has 132 valence electrons. The highest BCUT2D eigenvalue weighted by molar-refractivity contribution is 5.81. The van der Waals surface area contributed by atoms with Crippen molar-refractivity contribution < 1.29 is 9.90 Å². The molecule has 2 aliphatic heterocycles. The number of phenols is 1. The van der Waals surface area contributed by atoms with Gasteiger partial charge in [-0.05, 0) is 55.2 Å². The van der Waals surface area contributed by atoms with Gasteiger partial charge in [0, 0.05) is 38.6 Å². The Bertz CT molecular complexity index is 701. The first-order valence-corrected chi connectivity index (χ1v) is 9.37. The van der Waals surface area contributed by atoms with Gasteiger partial charge < -0.3 is 10.0 Å². The maximum Gasteiger partial charge on any atom is 0.225 e. The van der Waals surface area contributed by atoms with E-state index in [1.807, 2.05) is 12.1 Å². The van der Waals surface area contributed by atoms with E-state index in [0.717, 1.165) is 57.5 Å². The number of rotatable bonds is 4. The number of carbonyl (C=O) groups excluding carboxylic acids is 1. The fourth-order valence-corrected chi connectivity index (χ4v) is 4.25. The zero-order chi connectivity index (χ0) is 17.4. The molecule has 0 aromatic heterocycles. The molecule has 5 heteroatoms. The fourth-order valence-electron chi connectivity index (χ4n) is 4.25. The van der Waals surface area contributed by atoms with Crippen LogP contribution in [0.15, 0.2) is 18.2 Å². The van der Waals surface area contributed by atoms with Crippen molar-refractivity contribution in [2.24, 2.45) is 17.8 Å². The van der Waals surface area contributed by atoms with Crippen LogP contribution < -0.4 is 0 Å². The van der Waals surface area contributed by atoms with E-state index in [2.05, 4.69) is 9.80 Å². The van der Waals surface area contributed by atoms with Gasteiger partial charge in [-0.3, -0.25) is 9.69 Å². The van der Waals surface area contributed by atoms with Gasteiger partial charge in [-0.15, -0.1) is 0 Å². The van der Waals surface area contributed by atoms with Crippen LogP contribution in [-0.4, -0.2) is 47.0 Å². The molecule has 1 saturated carbocycles. The number of carbonyl (C=O) groups is 1. The molecule has 4 rings (SSSR count). The summed E-state index contributed by atoms with van der Waals surface area (Å²) in [4.78, 5) is 16.8. The highest BCUT2D eigenvalue weighted by atomic mass is 16.3. The van der Waals surface area contributed by atoms with E-state index in [9.17, 15) is 9.90 Å². The quantitative estimate of drug-likeness (QED) is 0.914. The predicted octanol–water partition coefficient (Wildman–Crippen LogP) is 2.34. The van der Waals surface area contributed by atoms with Crippen LogP contribution in [0.1, 0.15) is 36.8 Å². The number of piperidine rings is 1. The van der Waals surface area contributed by atoms with Crippen molar-refractivity contribution in [1.82, 2.24) is 9.80 Å². The average molecular weight is 339 g/mol. The van der Waals surface area contributed by atoms with Gasteiger partial charge in [0.2, 0.25) is 5.91 Å². The number of amides is 1. The summed E-state index contributed by atoms with van der Waals surface area (Å²) in [5.41, 5.74) is 1.41. The Kier molecular flexibility index (Phi) is 4.39. The molecule has 1 aliphatic carbocycles. The molecule has 1 atom stereocenters. The van der Waals surface area contributed by atoms with Crippen molar-refractivity contribution in [1.29, 1.82) is 5.26 Å². The smallest absolute Gasteiger partial charge is 0.225 e. The summed E-state index contributed by atoms with van der Waals surface area (Å²) < 4.78 is 0. The number of phenolic OH excluding ortho intramolecular Hbond substituents is 1. The van der Waals surface area contributed by atoms with E-state index in [4.69, 9.17) is 5.26 Å². The highest BCUT2D eigenvalue weighted by Crippen LogP contribution is 2.36. The van der Waals surface area contributed by atoms with Gasteiger partial charge >= 0.3 is 0 Å². The van der Waals surface area contributed by atoms with Crippen molar-refractivity contribution >= 4 is 5.91 Å². The first kappa shape index (κ1) is 16.4. The molecule has 3 aliphatic rings. The molecule has 25 heavy (non-hydrogen) atoms. The lowest BCUT2D eigenvalue weighted by Crippen LogP contribution is -2.53. The summed E-state index contributed by atoms with van der Waals surface area (Å²) in [7, 11) is 0. The molecule has 1 aromatic rings. The van der Waals surface area contributed by atoms with Gasteiger partial charge in [0.25, 0.3) is 0 Å². The van der Waals surface area contributed by atoms with Gasteiger partial charge in [0.1, 0.15) is 11.8 Å². The van der Waals surface area contributed by atoms with Crippen molar-refractivity contribution in [2.45, 2.75) is 32.2 Å². The number of hydrogen-bond donors (Lipinski definition) is 1. The first-order chi connectivity index (χ1) is 12.1. The molecule has 0 bridgehead atoms. The summed E-state index contributed by atoms with van der Waals surface area (Å²) in [6, 6.07) is 7.30. The molecular formula is C20H25N3O2. The maximum atomic E-state index is 12.3. The standard InChI is InChI=1S/C20H25N3O2/c21-9-17-8-14(3-6-19(17)24)10-22-11-18(12-22)16-2-1-7-23(13-16)20(25)15-4-5-15/h3,6,8,15-16,18,24H,1-2,4-5,7,10-13H2. The Balaban J connectivity index is 1.28. The third kappa shape index (κ3) is 3.50. The number of hydrogen-bond acceptors (Lipinski definition) is 4. The Hall–Kier alpha value is -2.06. The molecule has 2 saturated heterocycles. The minimum absolute atomic E-state index is 0.0513. The van der Waals surface area contributed by atoms with Crippen molar-refractivity contribution in [3.05, 3.63) is 29.3 Å². The zero-order valence-electron chi connectivity index (χ0n) is 14.5. The predicted molar refractivity (Wildman–Crippen MR) is 93.6 cm³/mol. The third-order valence-electron chi connectivity index (χ3n) is 5.94. The number of nitrogens with zero attached hydrogens (tertiary/aromatic N) is 3. The molecule has 1 aromatic carbocycles. The first-order valence-electron chi connectivity index (χ1n) is 9.37. The van der Waals surface area contributed by atoms with E-state index in [1.54, 1.807) is 12.1 Å². The van der Waals surface area contributed by atoms with E-state index < -0.39 is 0 Å². The van der Waals surface area contributed by atoms with Crippen molar-refractivity contribution in [2.75, 3.05) is 26.2 Å². The Morgan fingerprint density at radius 1 is 1.20 bits per heavy atom. The Labute approximate surface area is 148 Å². The molecule has 1 unspecified atom stereocenters.